The van der Waals surface area contributed by atoms with Crippen LogP contribution in [0.1, 0.15) is 5.82 Å². The standard InChI is InChI=1S/C23H22N2P/c1-25-18-17-24-23(25)19-26(20-11-5-2-6-12-20,21-13-7-3-8-14-21)22-15-9-4-10-16-22/h2-18H,19H2,1H3/q+1. The summed E-state index contributed by atoms with van der Waals surface area (Å²) in [6.07, 6.45) is 4.84. The van der Waals surface area contributed by atoms with E-state index in [1.807, 2.05) is 12.4 Å². The van der Waals surface area contributed by atoms with E-state index in [0.717, 1.165) is 12.0 Å². The molecule has 2 nitrogen and oxygen atoms in total. The average molecular weight is 357 g/mol. The summed E-state index contributed by atoms with van der Waals surface area (Å²) in [5.74, 6) is 1.12. The van der Waals surface area contributed by atoms with E-state index in [1.54, 1.807) is 0 Å². The molecule has 3 heteroatoms. The molecule has 0 radical (unpaired) electrons. The molecule has 1 aromatic heterocycles. The first-order valence-electron chi connectivity index (χ1n) is 8.82. The Balaban J connectivity index is 2.02. The number of benzene rings is 3. The van der Waals surface area contributed by atoms with Crippen LogP contribution in [-0.4, -0.2) is 9.55 Å². The van der Waals surface area contributed by atoms with Crippen molar-refractivity contribution in [2.45, 2.75) is 6.16 Å². The van der Waals surface area contributed by atoms with Crippen molar-refractivity contribution < 1.29 is 0 Å². The van der Waals surface area contributed by atoms with E-state index in [4.69, 9.17) is 0 Å². The van der Waals surface area contributed by atoms with E-state index >= 15 is 0 Å². The molecule has 128 valence electrons. The number of hydrogen-bond donors (Lipinski definition) is 0. The van der Waals surface area contributed by atoms with Crippen molar-refractivity contribution in [1.82, 2.24) is 9.55 Å². The predicted octanol–water partition coefficient (Wildman–Crippen LogP) is 3.91. The van der Waals surface area contributed by atoms with Crippen LogP contribution >= 0.6 is 7.26 Å². The fourth-order valence-corrected chi connectivity index (χ4v) is 7.74. The maximum atomic E-state index is 4.67. The first-order valence-corrected chi connectivity index (χ1v) is 10.8. The molecule has 3 aromatic carbocycles. The van der Waals surface area contributed by atoms with Gasteiger partial charge in [-0.1, -0.05) is 54.6 Å². The lowest BCUT2D eigenvalue weighted by Gasteiger charge is -2.27. The van der Waals surface area contributed by atoms with Crippen molar-refractivity contribution in [3.8, 4) is 0 Å². The van der Waals surface area contributed by atoms with Gasteiger partial charge in [-0.25, -0.2) is 4.98 Å². The molecule has 0 spiro atoms. The van der Waals surface area contributed by atoms with Gasteiger partial charge in [-0.15, -0.1) is 0 Å². The van der Waals surface area contributed by atoms with E-state index in [2.05, 4.69) is 108 Å². The summed E-state index contributed by atoms with van der Waals surface area (Å²) in [5, 5.41) is 4.17. The van der Waals surface area contributed by atoms with Gasteiger partial charge >= 0.3 is 0 Å². The zero-order valence-electron chi connectivity index (χ0n) is 14.9. The second-order valence-electron chi connectivity index (χ2n) is 6.43. The Morgan fingerprint density at radius 1 is 0.692 bits per heavy atom. The summed E-state index contributed by atoms with van der Waals surface area (Å²) in [7, 11) is 0.229. The quantitative estimate of drug-likeness (QED) is 0.495. The molecule has 4 rings (SSSR count). The van der Waals surface area contributed by atoms with Crippen LogP contribution < -0.4 is 15.9 Å². The Labute approximate surface area is 155 Å². The molecule has 0 aliphatic rings. The van der Waals surface area contributed by atoms with Gasteiger partial charge in [0.05, 0.1) is 0 Å². The molecule has 0 atom stereocenters. The zero-order chi connectivity index (χ0) is 17.8. The van der Waals surface area contributed by atoms with Crippen LogP contribution in [0.3, 0.4) is 0 Å². The molecule has 0 unspecified atom stereocenters. The number of rotatable bonds is 5. The second-order valence-corrected chi connectivity index (χ2v) is 9.91. The lowest BCUT2D eigenvalue weighted by Crippen LogP contribution is -2.33. The molecule has 0 amide bonds. The second kappa shape index (κ2) is 7.27. The highest BCUT2D eigenvalue weighted by Gasteiger charge is 2.46. The Hall–Kier alpha value is -2.70. The van der Waals surface area contributed by atoms with Gasteiger partial charge < -0.3 is 4.57 Å². The van der Waals surface area contributed by atoms with Gasteiger partial charge in [0.2, 0.25) is 0 Å². The minimum atomic E-state index is -1.85. The minimum absolute atomic E-state index is 0.911. The molecule has 1 heterocycles. The molecule has 0 saturated heterocycles. The Bertz CT molecular complexity index is 866. The van der Waals surface area contributed by atoms with Crippen molar-refractivity contribution in [2.24, 2.45) is 7.05 Å². The largest absolute Gasteiger partial charge is 0.335 e. The Kier molecular flexibility index (Phi) is 4.69. The van der Waals surface area contributed by atoms with E-state index in [9.17, 15) is 0 Å². The molecule has 0 bridgehead atoms. The highest BCUT2D eigenvalue weighted by atomic mass is 31.2. The molecular formula is C23H22N2P+. The fraction of sp³-hybridized carbons (Fsp3) is 0.0870. The van der Waals surface area contributed by atoms with Crippen LogP contribution in [0, 0.1) is 0 Å². The topological polar surface area (TPSA) is 17.8 Å². The highest BCUT2D eigenvalue weighted by Crippen LogP contribution is 2.57. The summed E-state index contributed by atoms with van der Waals surface area (Å²) in [6, 6.07) is 32.8. The summed E-state index contributed by atoms with van der Waals surface area (Å²) >= 11 is 0. The smallest absolute Gasteiger partial charge is 0.147 e. The first kappa shape index (κ1) is 16.8. The Morgan fingerprint density at radius 3 is 1.46 bits per heavy atom. The van der Waals surface area contributed by atoms with E-state index in [1.165, 1.54) is 15.9 Å². The number of aromatic nitrogens is 2. The molecule has 4 aromatic rings. The van der Waals surface area contributed by atoms with Crippen molar-refractivity contribution in [2.75, 3.05) is 0 Å². The maximum absolute atomic E-state index is 4.67. The summed E-state index contributed by atoms with van der Waals surface area (Å²) in [4.78, 5) is 4.67. The minimum Gasteiger partial charge on any atom is -0.335 e. The fourth-order valence-electron chi connectivity index (χ4n) is 3.53. The molecule has 0 saturated carbocycles. The lowest BCUT2D eigenvalue weighted by atomic mass is 10.4. The monoisotopic (exact) mass is 357 g/mol. The molecule has 0 N–H and O–H groups in total. The number of nitrogens with zero attached hydrogens (tertiary/aromatic N) is 2. The number of hydrogen-bond acceptors (Lipinski definition) is 1. The van der Waals surface area contributed by atoms with Crippen molar-refractivity contribution in [3.05, 3.63) is 109 Å². The van der Waals surface area contributed by atoms with Gasteiger partial charge in [0.15, 0.2) is 0 Å². The SMILES string of the molecule is Cn1ccnc1C[P+](c1ccccc1)(c1ccccc1)c1ccccc1. The van der Waals surface area contributed by atoms with E-state index in [-0.39, 0.29) is 0 Å². The van der Waals surface area contributed by atoms with Gasteiger partial charge in [-0.3, -0.25) is 0 Å². The predicted molar refractivity (Wildman–Crippen MR) is 112 cm³/mol. The van der Waals surface area contributed by atoms with Gasteiger partial charge in [-0.2, -0.15) is 0 Å². The highest BCUT2D eigenvalue weighted by molar-refractivity contribution is 7.95. The third kappa shape index (κ3) is 2.98. The summed E-state index contributed by atoms with van der Waals surface area (Å²) < 4.78 is 2.14. The van der Waals surface area contributed by atoms with Crippen LogP contribution in [0.2, 0.25) is 0 Å². The van der Waals surface area contributed by atoms with Crippen LogP contribution in [0.25, 0.3) is 0 Å². The van der Waals surface area contributed by atoms with Gasteiger partial charge in [0.1, 0.15) is 35.2 Å². The van der Waals surface area contributed by atoms with E-state index in [0.29, 0.717) is 0 Å². The van der Waals surface area contributed by atoms with Crippen LogP contribution in [0.15, 0.2) is 103 Å². The third-order valence-electron chi connectivity index (χ3n) is 4.89. The van der Waals surface area contributed by atoms with E-state index < -0.39 is 7.26 Å². The zero-order valence-corrected chi connectivity index (χ0v) is 15.8. The number of imidazole rings is 1. The molecule has 26 heavy (non-hydrogen) atoms. The van der Waals surface area contributed by atoms with Crippen molar-refractivity contribution >= 4 is 23.2 Å². The van der Waals surface area contributed by atoms with Gasteiger partial charge in [0.25, 0.3) is 0 Å². The summed E-state index contributed by atoms with van der Waals surface area (Å²) in [6.45, 7) is 0. The number of aryl methyl sites for hydroxylation is 1. The molecule has 0 aliphatic carbocycles. The Morgan fingerprint density at radius 2 is 1.12 bits per heavy atom. The summed E-state index contributed by atoms with van der Waals surface area (Å²) in [5.41, 5.74) is 0. The van der Waals surface area contributed by atoms with Gasteiger partial charge in [0, 0.05) is 19.4 Å². The van der Waals surface area contributed by atoms with Crippen molar-refractivity contribution in [1.29, 1.82) is 0 Å². The van der Waals surface area contributed by atoms with Gasteiger partial charge in [-0.05, 0) is 36.4 Å². The maximum Gasteiger partial charge on any atom is 0.147 e. The third-order valence-corrected chi connectivity index (χ3v) is 9.19. The lowest BCUT2D eigenvalue weighted by molar-refractivity contribution is 0.847. The average Bonchev–Trinajstić information content (AvgIpc) is 3.12. The first-order chi connectivity index (χ1) is 12.8. The van der Waals surface area contributed by atoms with Crippen LogP contribution in [0.4, 0.5) is 0 Å². The molecule has 0 fully saturated rings. The van der Waals surface area contributed by atoms with Crippen LogP contribution in [0.5, 0.6) is 0 Å². The molecule has 0 aliphatic heterocycles. The normalized spacial score (nSPS) is 11.4. The van der Waals surface area contributed by atoms with Crippen LogP contribution in [-0.2, 0) is 13.2 Å². The molecular weight excluding hydrogens is 335 g/mol. The van der Waals surface area contributed by atoms with Crippen molar-refractivity contribution in [3.63, 3.8) is 0 Å².